The maximum absolute atomic E-state index is 13.4. The van der Waals surface area contributed by atoms with Crippen molar-refractivity contribution >= 4 is 22.8 Å². The van der Waals surface area contributed by atoms with Crippen molar-refractivity contribution in [2.45, 2.75) is 20.3 Å². The Bertz CT molecular complexity index is 710. The summed E-state index contributed by atoms with van der Waals surface area (Å²) in [4.78, 5) is 18.9. The Balaban J connectivity index is 1.92. The van der Waals surface area contributed by atoms with E-state index in [1.165, 1.54) is 12.1 Å². The van der Waals surface area contributed by atoms with Crippen molar-refractivity contribution in [3.63, 3.8) is 0 Å². The zero-order valence-corrected chi connectivity index (χ0v) is 14.1. The van der Waals surface area contributed by atoms with Gasteiger partial charge in [0.05, 0.1) is 0 Å². The van der Waals surface area contributed by atoms with Crippen LogP contribution in [0.5, 0.6) is 0 Å². The first-order valence-corrected chi connectivity index (χ1v) is 8.18. The highest BCUT2D eigenvalue weighted by atomic mass is 19.1. The fraction of sp³-hybridized carbons (Fsp3) is 0.412. The first-order valence-electron chi connectivity index (χ1n) is 8.18. The van der Waals surface area contributed by atoms with E-state index in [9.17, 15) is 9.18 Å². The second kappa shape index (κ2) is 8.90. The number of halogens is 1. The van der Waals surface area contributed by atoms with Crippen molar-refractivity contribution in [2.75, 3.05) is 26.2 Å². The lowest BCUT2D eigenvalue weighted by atomic mass is 10.1. The molecule has 2 aromatic rings. The van der Waals surface area contributed by atoms with Crippen LogP contribution in [0.3, 0.4) is 0 Å². The van der Waals surface area contributed by atoms with E-state index in [2.05, 4.69) is 25.9 Å². The maximum Gasteiger partial charge on any atom is 0.241 e. The van der Waals surface area contributed by atoms with Crippen molar-refractivity contribution in [1.82, 2.24) is 20.9 Å². The molecule has 0 radical (unpaired) electrons. The van der Waals surface area contributed by atoms with Crippen LogP contribution in [-0.2, 0) is 11.2 Å². The van der Waals surface area contributed by atoms with Gasteiger partial charge in [0.2, 0.25) is 5.91 Å². The number of likely N-dealkylation sites (N-methyl/N-ethyl adjacent to an activating group) is 1. The number of hydrogen-bond acceptors (Lipinski definition) is 2. The zero-order chi connectivity index (χ0) is 17.4. The van der Waals surface area contributed by atoms with Crippen LogP contribution >= 0.6 is 0 Å². The number of aliphatic imine (C=N–C) groups is 1. The van der Waals surface area contributed by atoms with Gasteiger partial charge in [0, 0.05) is 36.7 Å². The van der Waals surface area contributed by atoms with Gasteiger partial charge in [0.25, 0.3) is 0 Å². The zero-order valence-electron chi connectivity index (χ0n) is 14.1. The van der Waals surface area contributed by atoms with Gasteiger partial charge < -0.3 is 20.9 Å². The number of amides is 1. The molecule has 0 saturated heterocycles. The highest BCUT2D eigenvalue weighted by molar-refractivity contribution is 5.85. The van der Waals surface area contributed by atoms with E-state index in [1.54, 1.807) is 6.07 Å². The van der Waals surface area contributed by atoms with E-state index in [1.807, 2.05) is 20.0 Å². The third-order valence-corrected chi connectivity index (χ3v) is 3.52. The average molecular weight is 333 g/mol. The molecule has 6 nitrogen and oxygen atoms in total. The molecular formula is C17H24FN5O. The van der Waals surface area contributed by atoms with E-state index >= 15 is 0 Å². The lowest BCUT2D eigenvalue weighted by molar-refractivity contribution is -0.119. The van der Waals surface area contributed by atoms with Gasteiger partial charge in [-0.25, -0.2) is 9.38 Å². The van der Waals surface area contributed by atoms with Crippen LogP contribution < -0.4 is 16.0 Å². The van der Waals surface area contributed by atoms with Crippen LogP contribution in [0.2, 0.25) is 0 Å². The Hall–Kier alpha value is -2.57. The summed E-state index contributed by atoms with van der Waals surface area (Å²) in [6.07, 6.45) is 2.61. The Morgan fingerprint density at radius 2 is 2.00 bits per heavy atom. The fourth-order valence-electron chi connectivity index (χ4n) is 2.42. The molecule has 2 rings (SSSR count). The molecular weight excluding hydrogens is 309 g/mol. The van der Waals surface area contributed by atoms with Gasteiger partial charge in [-0.1, -0.05) is 0 Å². The third-order valence-electron chi connectivity index (χ3n) is 3.52. The van der Waals surface area contributed by atoms with Gasteiger partial charge in [-0.05, 0) is 44.0 Å². The van der Waals surface area contributed by atoms with Crippen LogP contribution in [0.25, 0.3) is 10.9 Å². The quantitative estimate of drug-likeness (QED) is 0.458. The third kappa shape index (κ3) is 4.97. The normalized spacial score (nSPS) is 11.5. The Labute approximate surface area is 140 Å². The number of guanidine groups is 1. The molecule has 1 aromatic heterocycles. The van der Waals surface area contributed by atoms with E-state index in [-0.39, 0.29) is 18.3 Å². The molecule has 0 fully saturated rings. The second-order valence-electron chi connectivity index (χ2n) is 5.33. The fourth-order valence-corrected chi connectivity index (χ4v) is 2.42. The molecule has 0 unspecified atom stereocenters. The van der Waals surface area contributed by atoms with Crippen molar-refractivity contribution in [3.8, 4) is 0 Å². The predicted molar refractivity (Wildman–Crippen MR) is 94.6 cm³/mol. The standard InChI is InChI=1S/C17H24FN5O/c1-3-19-16(24)11-23-17(20-4-2)21-8-7-12-10-22-15-6-5-13(18)9-14(12)15/h5-6,9-10,22H,3-4,7-8,11H2,1-2H3,(H,19,24)(H2,20,21,23). The number of hydrogen-bond donors (Lipinski definition) is 4. The van der Waals surface area contributed by atoms with Gasteiger partial charge in [0.1, 0.15) is 12.4 Å². The number of rotatable bonds is 7. The topological polar surface area (TPSA) is 81.3 Å². The molecule has 0 aliphatic heterocycles. The highest BCUT2D eigenvalue weighted by Crippen LogP contribution is 2.19. The average Bonchev–Trinajstić information content (AvgIpc) is 2.95. The van der Waals surface area contributed by atoms with E-state index < -0.39 is 0 Å². The number of aromatic nitrogens is 1. The van der Waals surface area contributed by atoms with Crippen LogP contribution in [0.1, 0.15) is 19.4 Å². The Kier molecular flexibility index (Phi) is 6.60. The summed E-state index contributed by atoms with van der Waals surface area (Å²) in [5.74, 6) is 0.240. The molecule has 1 heterocycles. The van der Waals surface area contributed by atoms with Crippen LogP contribution in [0.15, 0.2) is 29.4 Å². The van der Waals surface area contributed by atoms with E-state index in [0.717, 1.165) is 22.9 Å². The van der Waals surface area contributed by atoms with Crippen molar-refractivity contribution in [1.29, 1.82) is 0 Å². The number of carbonyl (C=O) groups is 1. The molecule has 4 N–H and O–H groups in total. The number of benzene rings is 1. The van der Waals surface area contributed by atoms with Crippen molar-refractivity contribution in [2.24, 2.45) is 4.99 Å². The molecule has 0 atom stereocenters. The lowest BCUT2D eigenvalue weighted by Crippen LogP contribution is -2.39. The maximum atomic E-state index is 13.4. The Morgan fingerprint density at radius 1 is 1.21 bits per heavy atom. The molecule has 1 amide bonds. The molecule has 0 saturated carbocycles. The SMILES string of the molecule is CCNC(=O)CN=C(NCC)NCCc1c[nH]c2ccc(F)cc12. The number of nitrogens with one attached hydrogen (secondary N) is 4. The summed E-state index contributed by atoms with van der Waals surface area (Å²) in [6.45, 7) is 5.85. The molecule has 130 valence electrons. The molecule has 0 aliphatic carbocycles. The number of carbonyl (C=O) groups excluding carboxylic acids is 1. The summed E-state index contributed by atoms with van der Waals surface area (Å²) in [7, 11) is 0. The van der Waals surface area contributed by atoms with Gasteiger partial charge in [-0.2, -0.15) is 0 Å². The van der Waals surface area contributed by atoms with Gasteiger partial charge in [-0.3, -0.25) is 4.79 Å². The number of aromatic amines is 1. The van der Waals surface area contributed by atoms with Gasteiger partial charge >= 0.3 is 0 Å². The number of nitrogens with zero attached hydrogens (tertiary/aromatic N) is 1. The molecule has 0 bridgehead atoms. The smallest absolute Gasteiger partial charge is 0.241 e. The van der Waals surface area contributed by atoms with Gasteiger partial charge in [0.15, 0.2) is 5.96 Å². The summed E-state index contributed by atoms with van der Waals surface area (Å²) < 4.78 is 13.4. The van der Waals surface area contributed by atoms with Crippen molar-refractivity contribution < 1.29 is 9.18 Å². The number of H-pyrrole nitrogens is 1. The largest absolute Gasteiger partial charge is 0.361 e. The molecule has 1 aromatic carbocycles. The van der Waals surface area contributed by atoms with Crippen LogP contribution in [0.4, 0.5) is 4.39 Å². The summed E-state index contributed by atoms with van der Waals surface area (Å²) in [6, 6.07) is 4.72. The minimum absolute atomic E-state index is 0.0848. The van der Waals surface area contributed by atoms with Gasteiger partial charge in [-0.15, -0.1) is 0 Å². The van der Waals surface area contributed by atoms with Crippen LogP contribution in [-0.4, -0.2) is 43.0 Å². The predicted octanol–water partition coefficient (Wildman–Crippen LogP) is 1.54. The molecule has 0 spiro atoms. The first-order chi connectivity index (χ1) is 11.6. The van der Waals surface area contributed by atoms with E-state index in [4.69, 9.17) is 0 Å². The lowest BCUT2D eigenvalue weighted by Gasteiger charge is -2.11. The Morgan fingerprint density at radius 3 is 2.75 bits per heavy atom. The second-order valence-corrected chi connectivity index (χ2v) is 5.33. The monoisotopic (exact) mass is 333 g/mol. The highest BCUT2D eigenvalue weighted by Gasteiger charge is 2.06. The summed E-state index contributed by atoms with van der Waals surface area (Å²) in [5.41, 5.74) is 1.96. The first kappa shape index (κ1) is 17.8. The summed E-state index contributed by atoms with van der Waals surface area (Å²) >= 11 is 0. The number of fused-ring (bicyclic) bond motifs is 1. The summed E-state index contributed by atoms with van der Waals surface area (Å²) in [5, 5.41) is 9.88. The molecule has 24 heavy (non-hydrogen) atoms. The van der Waals surface area contributed by atoms with E-state index in [0.29, 0.717) is 25.6 Å². The van der Waals surface area contributed by atoms with Crippen LogP contribution in [0, 0.1) is 5.82 Å². The van der Waals surface area contributed by atoms with Crippen molar-refractivity contribution in [3.05, 3.63) is 35.8 Å². The minimum Gasteiger partial charge on any atom is -0.361 e. The minimum atomic E-state index is -0.242. The molecule has 0 aliphatic rings. The molecule has 7 heteroatoms.